The number of hydrogen-bond donors (Lipinski definition) is 2. The number of nitrogens with one attached hydrogen (secondary N) is 1. The Morgan fingerprint density at radius 1 is 1.40 bits per heavy atom. The minimum Gasteiger partial charge on any atom is -0.394 e. The second-order valence-electron chi connectivity index (χ2n) is 6.54. The van der Waals surface area contributed by atoms with Crippen molar-refractivity contribution in [2.45, 2.75) is 70.5 Å². The highest BCUT2D eigenvalue weighted by atomic mass is 16.3. The molecule has 2 atom stereocenters. The minimum absolute atomic E-state index is 0.171. The van der Waals surface area contributed by atoms with Gasteiger partial charge in [-0.2, -0.15) is 5.10 Å². The maximum absolute atomic E-state index is 9.11. The van der Waals surface area contributed by atoms with E-state index < -0.39 is 0 Å². The van der Waals surface area contributed by atoms with Crippen molar-refractivity contribution < 1.29 is 5.11 Å². The summed E-state index contributed by atoms with van der Waals surface area (Å²) in [4.78, 5) is 0. The monoisotopic (exact) mass is 277 g/mol. The van der Waals surface area contributed by atoms with Crippen molar-refractivity contribution in [3.05, 3.63) is 17.5 Å². The Bertz CT molecular complexity index is 439. The standard InChI is InChI=1S/C16H27N3O/c1-12(10-13-4-2-5-13)18-15-6-3-7-16-14(15)11-17-19(16)8-9-20/h11-13,15,18,20H,2-10H2,1H3. The molecule has 1 fully saturated rings. The summed E-state index contributed by atoms with van der Waals surface area (Å²) in [5.74, 6) is 0.956. The van der Waals surface area contributed by atoms with E-state index in [0.29, 0.717) is 18.6 Å². The van der Waals surface area contributed by atoms with Crippen LogP contribution in [0.3, 0.4) is 0 Å². The van der Waals surface area contributed by atoms with Crippen LogP contribution >= 0.6 is 0 Å². The predicted molar refractivity (Wildman–Crippen MR) is 79.5 cm³/mol. The molecule has 0 saturated heterocycles. The van der Waals surface area contributed by atoms with E-state index in [1.807, 2.05) is 10.9 Å². The lowest BCUT2D eigenvalue weighted by Crippen LogP contribution is -2.35. The Morgan fingerprint density at radius 2 is 2.25 bits per heavy atom. The summed E-state index contributed by atoms with van der Waals surface area (Å²) < 4.78 is 1.99. The molecule has 0 aromatic carbocycles. The molecule has 0 spiro atoms. The third-order valence-corrected chi connectivity index (χ3v) is 4.97. The SMILES string of the molecule is CC(CC1CCC1)NC1CCCc2c1cnn2CCO. The smallest absolute Gasteiger partial charge is 0.0644 e. The first-order valence-corrected chi connectivity index (χ1v) is 8.19. The number of aliphatic hydroxyl groups excluding tert-OH is 1. The Kier molecular flexibility index (Phi) is 4.41. The summed E-state index contributed by atoms with van der Waals surface area (Å²) in [5.41, 5.74) is 2.70. The Balaban J connectivity index is 1.63. The third-order valence-electron chi connectivity index (χ3n) is 4.97. The van der Waals surface area contributed by atoms with Crippen LogP contribution in [0.25, 0.3) is 0 Å². The van der Waals surface area contributed by atoms with Gasteiger partial charge in [0.05, 0.1) is 19.3 Å². The highest BCUT2D eigenvalue weighted by Gasteiger charge is 2.26. The molecule has 2 N–H and O–H groups in total. The van der Waals surface area contributed by atoms with E-state index in [1.165, 1.54) is 49.8 Å². The van der Waals surface area contributed by atoms with Crippen LogP contribution in [0.4, 0.5) is 0 Å². The summed E-state index contributed by atoms with van der Waals surface area (Å²) in [7, 11) is 0. The van der Waals surface area contributed by atoms with Gasteiger partial charge in [0.1, 0.15) is 0 Å². The summed E-state index contributed by atoms with van der Waals surface area (Å²) in [5, 5.41) is 17.4. The number of rotatable bonds is 6. The van der Waals surface area contributed by atoms with E-state index in [4.69, 9.17) is 5.11 Å². The first-order chi connectivity index (χ1) is 9.78. The molecule has 0 radical (unpaired) electrons. The van der Waals surface area contributed by atoms with Gasteiger partial charge in [-0.3, -0.25) is 4.68 Å². The van der Waals surface area contributed by atoms with Gasteiger partial charge >= 0.3 is 0 Å². The van der Waals surface area contributed by atoms with E-state index >= 15 is 0 Å². The van der Waals surface area contributed by atoms with Gasteiger partial charge in [-0.05, 0) is 38.5 Å². The van der Waals surface area contributed by atoms with Gasteiger partial charge in [0.25, 0.3) is 0 Å². The van der Waals surface area contributed by atoms with E-state index in [1.54, 1.807) is 0 Å². The molecule has 112 valence electrons. The van der Waals surface area contributed by atoms with E-state index in [-0.39, 0.29) is 6.61 Å². The van der Waals surface area contributed by atoms with Gasteiger partial charge in [-0.15, -0.1) is 0 Å². The van der Waals surface area contributed by atoms with Crippen molar-refractivity contribution in [1.82, 2.24) is 15.1 Å². The second-order valence-corrected chi connectivity index (χ2v) is 6.54. The molecule has 3 rings (SSSR count). The molecular formula is C16H27N3O. The average Bonchev–Trinajstić information content (AvgIpc) is 2.79. The van der Waals surface area contributed by atoms with Crippen LogP contribution in [-0.4, -0.2) is 27.5 Å². The van der Waals surface area contributed by atoms with E-state index in [9.17, 15) is 0 Å². The Morgan fingerprint density at radius 3 is 2.95 bits per heavy atom. The fourth-order valence-corrected chi connectivity index (χ4v) is 3.72. The summed E-state index contributed by atoms with van der Waals surface area (Å²) in [6, 6.07) is 1.05. The summed E-state index contributed by atoms with van der Waals surface area (Å²) in [6.07, 6.45) is 11.1. The molecule has 0 amide bonds. The predicted octanol–water partition coefficient (Wildman–Crippen LogP) is 2.42. The second kappa shape index (κ2) is 6.27. The lowest BCUT2D eigenvalue weighted by Gasteiger charge is -2.32. The van der Waals surface area contributed by atoms with Crippen LogP contribution in [0.2, 0.25) is 0 Å². The average molecular weight is 277 g/mol. The lowest BCUT2D eigenvalue weighted by atomic mass is 9.81. The molecule has 4 nitrogen and oxygen atoms in total. The third kappa shape index (κ3) is 2.91. The number of aliphatic hydroxyl groups is 1. The topological polar surface area (TPSA) is 50.1 Å². The van der Waals surface area contributed by atoms with Crippen LogP contribution in [0.1, 0.15) is 62.7 Å². The molecule has 1 aromatic rings. The van der Waals surface area contributed by atoms with Gasteiger partial charge in [0.2, 0.25) is 0 Å². The number of fused-ring (bicyclic) bond motifs is 1. The summed E-state index contributed by atoms with van der Waals surface area (Å²) in [6.45, 7) is 3.12. The highest BCUT2D eigenvalue weighted by molar-refractivity contribution is 5.25. The van der Waals surface area contributed by atoms with Crippen LogP contribution in [-0.2, 0) is 13.0 Å². The largest absolute Gasteiger partial charge is 0.394 e. The zero-order valence-electron chi connectivity index (χ0n) is 12.5. The lowest BCUT2D eigenvalue weighted by molar-refractivity contribution is 0.252. The molecule has 4 heteroatoms. The van der Waals surface area contributed by atoms with Gasteiger partial charge < -0.3 is 10.4 Å². The van der Waals surface area contributed by atoms with Crippen molar-refractivity contribution in [1.29, 1.82) is 0 Å². The van der Waals surface area contributed by atoms with Gasteiger partial charge in [-0.1, -0.05) is 19.3 Å². The fraction of sp³-hybridized carbons (Fsp3) is 0.812. The van der Waals surface area contributed by atoms with Gasteiger partial charge in [0.15, 0.2) is 0 Å². The zero-order valence-corrected chi connectivity index (χ0v) is 12.5. The molecule has 1 aromatic heterocycles. The van der Waals surface area contributed by atoms with Crippen LogP contribution in [0.15, 0.2) is 6.20 Å². The van der Waals surface area contributed by atoms with Crippen molar-refractivity contribution >= 4 is 0 Å². The first-order valence-electron chi connectivity index (χ1n) is 8.19. The number of aromatic nitrogens is 2. The molecule has 0 bridgehead atoms. The molecule has 0 aliphatic heterocycles. The molecular weight excluding hydrogens is 250 g/mol. The zero-order chi connectivity index (χ0) is 13.9. The Labute approximate surface area is 121 Å². The van der Waals surface area contributed by atoms with Crippen molar-refractivity contribution in [3.63, 3.8) is 0 Å². The van der Waals surface area contributed by atoms with E-state index in [2.05, 4.69) is 17.3 Å². The highest BCUT2D eigenvalue weighted by Crippen LogP contribution is 2.33. The number of hydrogen-bond acceptors (Lipinski definition) is 3. The van der Waals surface area contributed by atoms with Crippen LogP contribution < -0.4 is 5.32 Å². The fourth-order valence-electron chi connectivity index (χ4n) is 3.72. The van der Waals surface area contributed by atoms with E-state index in [0.717, 1.165) is 12.3 Å². The molecule has 20 heavy (non-hydrogen) atoms. The molecule has 1 heterocycles. The van der Waals surface area contributed by atoms with Crippen molar-refractivity contribution in [3.8, 4) is 0 Å². The van der Waals surface area contributed by atoms with Crippen LogP contribution in [0, 0.1) is 5.92 Å². The van der Waals surface area contributed by atoms with Crippen molar-refractivity contribution in [2.24, 2.45) is 5.92 Å². The normalized spacial score (nSPS) is 24.2. The van der Waals surface area contributed by atoms with Gasteiger partial charge in [-0.25, -0.2) is 0 Å². The number of nitrogens with zero attached hydrogens (tertiary/aromatic N) is 2. The maximum atomic E-state index is 9.11. The van der Waals surface area contributed by atoms with Crippen LogP contribution in [0.5, 0.6) is 0 Å². The van der Waals surface area contributed by atoms with Gasteiger partial charge in [0, 0.05) is 23.3 Å². The van der Waals surface area contributed by atoms with Crippen molar-refractivity contribution in [2.75, 3.05) is 6.61 Å². The molecule has 2 aliphatic carbocycles. The summed E-state index contributed by atoms with van der Waals surface area (Å²) >= 11 is 0. The molecule has 2 unspecified atom stereocenters. The first kappa shape index (κ1) is 14.1. The Hall–Kier alpha value is -0.870. The molecule has 1 saturated carbocycles. The maximum Gasteiger partial charge on any atom is 0.0644 e. The molecule has 2 aliphatic rings. The minimum atomic E-state index is 0.171. The quantitative estimate of drug-likeness (QED) is 0.839.